The Kier molecular flexibility index (Phi) is 4.44. The van der Waals surface area contributed by atoms with E-state index >= 15 is 0 Å². The molecule has 2 rings (SSSR count). The van der Waals surface area contributed by atoms with Gasteiger partial charge in [0.1, 0.15) is 0 Å². The van der Waals surface area contributed by atoms with Gasteiger partial charge in [0.2, 0.25) is 16.3 Å². The van der Waals surface area contributed by atoms with Crippen LogP contribution in [0.25, 0.3) is 0 Å². The molecule has 0 atom stereocenters. The average molecular weight is 356 g/mol. The second-order valence-corrected chi connectivity index (χ2v) is 4.74. The second kappa shape index (κ2) is 5.92. The van der Waals surface area contributed by atoms with E-state index in [1.807, 2.05) is 0 Å². The molecule has 0 aliphatic heterocycles. The molecular formula is C9H2Cl4N4O3. The van der Waals surface area contributed by atoms with Crippen LogP contribution in [0.1, 0.15) is 0 Å². The summed E-state index contributed by atoms with van der Waals surface area (Å²) in [4.78, 5) is 21.0. The molecule has 7 nitrogen and oxygen atoms in total. The Morgan fingerprint density at radius 3 is 2.10 bits per heavy atom. The summed E-state index contributed by atoms with van der Waals surface area (Å²) >= 11 is 22.6. The van der Waals surface area contributed by atoms with Crippen LogP contribution in [0, 0.1) is 10.1 Å². The SMILES string of the molecule is O=[N+]([O-])c1cc(Cl)c(Cl)cc1Oc1nc(Cl)nc(Cl)n1. The summed E-state index contributed by atoms with van der Waals surface area (Å²) in [6.45, 7) is 0. The largest absolute Gasteiger partial charge is 0.417 e. The minimum absolute atomic E-state index is 0.0115. The van der Waals surface area contributed by atoms with Crippen LogP contribution in [0.2, 0.25) is 20.6 Å². The highest BCUT2D eigenvalue weighted by Gasteiger charge is 2.20. The lowest BCUT2D eigenvalue weighted by Crippen LogP contribution is -1.98. The van der Waals surface area contributed by atoms with Crippen LogP contribution < -0.4 is 4.74 Å². The number of hydrogen-bond acceptors (Lipinski definition) is 6. The van der Waals surface area contributed by atoms with Gasteiger partial charge in [-0.15, -0.1) is 0 Å². The monoisotopic (exact) mass is 354 g/mol. The highest BCUT2D eigenvalue weighted by molar-refractivity contribution is 6.42. The molecule has 11 heteroatoms. The van der Waals surface area contributed by atoms with Gasteiger partial charge >= 0.3 is 11.7 Å². The summed E-state index contributed by atoms with van der Waals surface area (Å²) in [5.74, 6) is -0.206. The van der Waals surface area contributed by atoms with Gasteiger partial charge in [-0.2, -0.15) is 15.0 Å². The molecule has 0 N–H and O–H groups in total. The van der Waals surface area contributed by atoms with Crippen LogP contribution in [0.15, 0.2) is 12.1 Å². The Morgan fingerprint density at radius 2 is 1.55 bits per heavy atom. The van der Waals surface area contributed by atoms with Crippen molar-refractivity contribution in [3.05, 3.63) is 42.9 Å². The lowest BCUT2D eigenvalue weighted by atomic mass is 10.3. The molecule has 0 aliphatic carbocycles. The number of nitrogens with zero attached hydrogens (tertiary/aromatic N) is 4. The van der Waals surface area contributed by atoms with Crippen LogP contribution in [0.5, 0.6) is 11.8 Å². The van der Waals surface area contributed by atoms with Crippen LogP contribution in [0.4, 0.5) is 5.69 Å². The van der Waals surface area contributed by atoms with Gasteiger partial charge in [0.25, 0.3) is 0 Å². The average Bonchev–Trinajstić information content (AvgIpc) is 2.31. The predicted octanol–water partition coefficient (Wildman–Crippen LogP) is 4.19. The molecule has 20 heavy (non-hydrogen) atoms. The van der Waals surface area contributed by atoms with Crippen molar-refractivity contribution in [3.63, 3.8) is 0 Å². The molecule has 1 heterocycles. The molecule has 0 fully saturated rings. The highest BCUT2D eigenvalue weighted by atomic mass is 35.5. The van der Waals surface area contributed by atoms with Gasteiger partial charge in [-0.05, 0) is 23.2 Å². The quantitative estimate of drug-likeness (QED) is 0.605. The van der Waals surface area contributed by atoms with Crippen LogP contribution in [-0.2, 0) is 0 Å². The molecule has 0 unspecified atom stereocenters. The lowest BCUT2D eigenvalue weighted by molar-refractivity contribution is -0.385. The molecule has 104 valence electrons. The normalized spacial score (nSPS) is 10.4. The number of hydrogen-bond donors (Lipinski definition) is 0. The van der Waals surface area contributed by atoms with Gasteiger partial charge in [0, 0.05) is 12.1 Å². The molecule has 0 amide bonds. The molecule has 0 spiro atoms. The third-order valence-electron chi connectivity index (χ3n) is 1.96. The fraction of sp³-hybridized carbons (Fsp3) is 0. The van der Waals surface area contributed by atoms with E-state index in [-0.39, 0.29) is 32.4 Å². The van der Waals surface area contributed by atoms with Crippen molar-refractivity contribution < 1.29 is 9.66 Å². The standard InChI is InChI=1S/C9H2Cl4N4O3/c10-3-1-5(17(18)19)6(2-4(3)11)20-9-15-7(12)14-8(13)16-9/h1-2H. The molecule has 0 saturated carbocycles. The number of benzene rings is 1. The summed E-state index contributed by atoms with van der Waals surface area (Å²) in [6.07, 6.45) is 0. The highest BCUT2D eigenvalue weighted by Crippen LogP contribution is 2.37. The first-order valence-electron chi connectivity index (χ1n) is 4.75. The maximum Gasteiger partial charge on any atom is 0.327 e. The zero-order valence-electron chi connectivity index (χ0n) is 9.18. The number of halogens is 4. The maximum atomic E-state index is 10.9. The third kappa shape index (κ3) is 3.37. The number of rotatable bonds is 3. The zero-order valence-corrected chi connectivity index (χ0v) is 12.2. The molecule has 0 saturated heterocycles. The first-order chi connectivity index (χ1) is 9.36. The van der Waals surface area contributed by atoms with Gasteiger partial charge in [-0.3, -0.25) is 10.1 Å². The van der Waals surface area contributed by atoms with Crippen LogP contribution in [-0.4, -0.2) is 19.9 Å². The van der Waals surface area contributed by atoms with E-state index in [2.05, 4.69) is 15.0 Å². The maximum absolute atomic E-state index is 10.9. The van der Waals surface area contributed by atoms with Crippen molar-refractivity contribution in [3.8, 4) is 11.8 Å². The van der Waals surface area contributed by atoms with E-state index in [0.717, 1.165) is 12.1 Å². The Bertz CT molecular complexity index is 677. The van der Waals surface area contributed by atoms with E-state index in [9.17, 15) is 10.1 Å². The van der Waals surface area contributed by atoms with Crippen LogP contribution in [0.3, 0.4) is 0 Å². The summed E-state index contributed by atoms with van der Waals surface area (Å²) in [6, 6.07) is 1.90. The van der Waals surface area contributed by atoms with Crippen molar-refractivity contribution >= 4 is 52.1 Å². The molecule has 0 radical (unpaired) electrons. The summed E-state index contributed by atoms with van der Waals surface area (Å²) in [7, 11) is 0. The van der Waals surface area contributed by atoms with Gasteiger partial charge in [-0.1, -0.05) is 23.2 Å². The van der Waals surface area contributed by atoms with Crippen LogP contribution >= 0.6 is 46.4 Å². The molecule has 0 bridgehead atoms. The van der Waals surface area contributed by atoms with E-state index in [4.69, 9.17) is 51.1 Å². The number of ether oxygens (including phenoxy) is 1. The zero-order chi connectivity index (χ0) is 14.9. The van der Waals surface area contributed by atoms with Crippen molar-refractivity contribution in [1.82, 2.24) is 15.0 Å². The molecule has 2 aromatic rings. The topological polar surface area (TPSA) is 91.0 Å². The first kappa shape index (κ1) is 15.0. The number of nitro benzene ring substituents is 1. The summed E-state index contributed by atoms with van der Waals surface area (Å²) in [5, 5.41) is 10.6. The summed E-state index contributed by atoms with van der Waals surface area (Å²) in [5.41, 5.74) is -0.410. The second-order valence-electron chi connectivity index (χ2n) is 3.25. The van der Waals surface area contributed by atoms with E-state index < -0.39 is 10.6 Å². The Labute approximate surface area is 131 Å². The number of nitro groups is 1. The lowest BCUT2D eigenvalue weighted by Gasteiger charge is -2.06. The van der Waals surface area contributed by atoms with Crippen molar-refractivity contribution in [1.29, 1.82) is 0 Å². The van der Waals surface area contributed by atoms with Crippen molar-refractivity contribution in [2.45, 2.75) is 0 Å². The van der Waals surface area contributed by atoms with Crippen molar-refractivity contribution in [2.75, 3.05) is 0 Å². The molecule has 1 aromatic carbocycles. The van der Waals surface area contributed by atoms with Gasteiger partial charge < -0.3 is 4.74 Å². The minimum atomic E-state index is -0.693. The fourth-order valence-electron chi connectivity index (χ4n) is 1.20. The molecule has 1 aromatic heterocycles. The fourth-order valence-corrected chi connectivity index (χ4v) is 1.86. The van der Waals surface area contributed by atoms with Gasteiger partial charge in [0.15, 0.2) is 0 Å². The summed E-state index contributed by atoms with van der Waals surface area (Å²) < 4.78 is 5.15. The Morgan fingerprint density at radius 1 is 1.00 bits per heavy atom. The third-order valence-corrected chi connectivity index (χ3v) is 3.02. The first-order valence-corrected chi connectivity index (χ1v) is 6.26. The Balaban J connectivity index is 2.47. The van der Waals surface area contributed by atoms with E-state index in [1.54, 1.807) is 0 Å². The predicted molar refractivity (Wildman–Crippen MR) is 73.0 cm³/mol. The minimum Gasteiger partial charge on any atom is -0.417 e. The molecule has 0 aliphatic rings. The molecular weight excluding hydrogens is 354 g/mol. The van der Waals surface area contributed by atoms with Crippen molar-refractivity contribution in [2.24, 2.45) is 0 Å². The smallest absolute Gasteiger partial charge is 0.327 e. The Hall–Kier alpha value is -1.41. The number of aromatic nitrogens is 3. The van der Waals surface area contributed by atoms with E-state index in [1.165, 1.54) is 0 Å². The van der Waals surface area contributed by atoms with Gasteiger partial charge in [0.05, 0.1) is 15.0 Å². The van der Waals surface area contributed by atoms with Gasteiger partial charge in [-0.25, -0.2) is 0 Å². The van der Waals surface area contributed by atoms with E-state index in [0.29, 0.717) is 0 Å².